The minimum atomic E-state index is -0.865. The summed E-state index contributed by atoms with van der Waals surface area (Å²) in [4.78, 5) is 24.4. The van der Waals surface area contributed by atoms with Crippen LogP contribution in [0.2, 0.25) is 0 Å². The average molecular weight is 270 g/mol. The monoisotopic (exact) mass is 270 g/mol. The lowest BCUT2D eigenvalue weighted by atomic mass is 10.1. The Kier molecular flexibility index (Phi) is 6.84. The van der Waals surface area contributed by atoms with Crippen molar-refractivity contribution in [2.24, 2.45) is 0 Å². The molecule has 1 fully saturated rings. The van der Waals surface area contributed by atoms with Crippen LogP contribution in [-0.2, 0) is 9.59 Å². The molecular weight excluding hydrogens is 244 g/mol. The number of amides is 1. The van der Waals surface area contributed by atoms with E-state index in [1.165, 1.54) is 12.8 Å². The van der Waals surface area contributed by atoms with Crippen LogP contribution in [0, 0.1) is 0 Å². The average Bonchev–Trinajstić information content (AvgIpc) is 3.11. The van der Waals surface area contributed by atoms with Crippen LogP contribution >= 0.6 is 0 Å². The number of rotatable bonds is 10. The van der Waals surface area contributed by atoms with E-state index in [0.717, 1.165) is 25.7 Å². The van der Waals surface area contributed by atoms with Crippen LogP contribution in [0.5, 0.6) is 0 Å². The zero-order valence-corrected chi connectivity index (χ0v) is 12.0. The molecule has 0 aromatic heterocycles. The predicted octanol–water partition coefficient (Wildman–Crippen LogP) is 1.62. The number of carbonyl (C=O) groups is 2. The first-order valence-corrected chi connectivity index (χ1v) is 7.28. The van der Waals surface area contributed by atoms with Gasteiger partial charge in [0.2, 0.25) is 5.91 Å². The smallest absolute Gasteiger partial charge is 0.317 e. The van der Waals surface area contributed by atoms with E-state index >= 15 is 0 Å². The highest BCUT2D eigenvalue weighted by Gasteiger charge is 2.31. The van der Waals surface area contributed by atoms with Gasteiger partial charge in [-0.15, -0.1) is 0 Å². The molecule has 0 aliphatic heterocycles. The first kappa shape index (κ1) is 16.0. The summed E-state index contributed by atoms with van der Waals surface area (Å²) in [5, 5.41) is 11.8. The predicted molar refractivity (Wildman–Crippen MR) is 74.0 cm³/mol. The zero-order valence-electron chi connectivity index (χ0n) is 12.0. The molecule has 1 saturated carbocycles. The molecule has 0 saturated heterocycles. The van der Waals surface area contributed by atoms with Gasteiger partial charge in [-0.3, -0.25) is 14.5 Å². The molecular formula is C14H26N2O3. The van der Waals surface area contributed by atoms with E-state index in [0.29, 0.717) is 0 Å². The summed E-state index contributed by atoms with van der Waals surface area (Å²) >= 11 is 0. The van der Waals surface area contributed by atoms with Gasteiger partial charge in [-0.25, -0.2) is 0 Å². The molecule has 1 rings (SSSR count). The number of nitrogens with zero attached hydrogens (tertiary/aromatic N) is 1. The molecule has 1 amide bonds. The Morgan fingerprint density at radius 1 is 1.32 bits per heavy atom. The van der Waals surface area contributed by atoms with Crippen molar-refractivity contribution in [3.8, 4) is 0 Å². The second-order valence-electron chi connectivity index (χ2n) is 5.49. The molecule has 0 heterocycles. The van der Waals surface area contributed by atoms with Crippen LogP contribution < -0.4 is 5.32 Å². The second-order valence-corrected chi connectivity index (χ2v) is 5.49. The Morgan fingerprint density at radius 2 is 2.00 bits per heavy atom. The maximum absolute atomic E-state index is 11.9. The van der Waals surface area contributed by atoms with Gasteiger partial charge in [0.25, 0.3) is 0 Å². The Hall–Kier alpha value is -1.10. The summed E-state index contributed by atoms with van der Waals surface area (Å²) < 4.78 is 0. The number of carbonyl (C=O) groups excluding carboxylic acids is 1. The Labute approximate surface area is 115 Å². The minimum absolute atomic E-state index is 0.0394. The van der Waals surface area contributed by atoms with E-state index < -0.39 is 5.97 Å². The fourth-order valence-corrected chi connectivity index (χ4v) is 2.21. The molecule has 1 aliphatic rings. The van der Waals surface area contributed by atoms with Crippen LogP contribution in [0.4, 0.5) is 0 Å². The van der Waals surface area contributed by atoms with Crippen molar-refractivity contribution in [1.29, 1.82) is 0 Å². The molecule has 1 atom stereocenters. The summed E-state index contributed by atoms with van der Waals surface area (Å²) in [6.07, 6.45) is 6.49. The van der Waals surface area contributed by atoms with Crippen LogP contribution in [-0.4, -0.2) is 47.1 Å². The molecule has 0 aromatic carbocycles. The van der Waals surface area contributed by atoms with Crippen LogP contribution in [0.15, 0.2) is 0 Å². The highest BCUT2D eigenvalue weighted by atomic mass is 16.4. The van der Waals surface area contributed by atoms with E-state index in [1.807, 2.05) is 6.92 Å². The van der Waals surface area contributed by atoms with Crippen molar-refractivity contribution < 1.29 is 14.7 Å². The Balaban J connectivity index is 2.25. The number of carboxylic acid groups (broad SMARTS) is 1. The number of unbranched alkanes of at least 4 members (excludes halogenated alkanes) is 2. The lowest BCUT2D eigenvalue weighted by Crippen LogP contribution is -2.43. The molecule has 19 heavy (non-hydrogen) atoms. The maximum Gasteiger partial charge on any atom is 0.317 e. The third kappa shape index (κ3) is 7.15. The second kappa shape index (κ2) is 8.15. The fourth-order valence-electron chi connectivity index (χ4n) is 2.21. The Morgan fingerprint density at radius 3 is 2.53 bits per heavy atom. The SMILES string of the molecule is CCCCCC(C)NC(=O)CN(CC(=O)O)C1CC1. The summed E-state index contributed by atoms with van der Waals surface area (Å²) in [5.74, 6) is -0.923. The van der Waals surface area contributed by atoms with Gasteiger partial charge < -0.3 is 10.4 Å². The van der Waals surface area contributed by atoms with E-state index in [1.54, 1.807) is 4.90 Å². The molecule has 1 aliphatic carbocycles. The van der Waals surface area contributed by atoms with E-state index in [9.17, 15) is 9.59 Å². The molecule has 5 heteroatoms. The molecule has 5 nitrogen and oxygen atoms in total. The molecule has 0 aromatic rings. The maximum atomic E-state index is 11.9. The molecule has 0 spiro atoms. The van der Waals surface area contributed by atoms with E-state index in [-0.39, 0.29) is 31.1 Å². The molecule has 110 valence electrons. The summed E-state index contributed by atoms with van der Waals surface area (Å²) in [5.41, 5.74) is 0. The molecule has 0 bridgehead atoms. The van der Waals surface area contributed by atoms with Crippen molar-refractivity contribution in [2.45, 2.75) is 64.5 Å². The zero-order chi connectivity index (χ0) is 14.3. The van der Waals surface area contributed by atoms with Gasteiger partial charge in [0.1, 0.15) is 0 Å². The van der Waals surface area contributed by atoms with Crippen molar-refractivity contribution >= 4 is 11.9 Å². The van der Waals surface area contributed by atoms with Gasteiger partial charge in [-0.1, -0.05) is 26.2 Å². The van der Waals surface area contributed by atoms with Gasteiger partial charge in [0, 0.05) is 12.1 Å². The summed E-state index contributed by atoms with van der Waals surface area (Å²) in [6.45, 7) is 4.33. The van der Waals surface area contributed by atoms with Gasteiger partial charge >= 0.3 is 5.97 Å². The number of hydrogen-bond acceptors (Lipinski definition) is 3. The fraction of sp³-hybridized carbons (Fsp3) is 0.857. The summed E-state index contributed by atoms with van der Waals surface area (Å²) in [6, 6.07) is 0.460. The normalized spacial score (nSPS) is 16.4. The van der Waals surface area contributed by atoms with Crippen LogP contribution in [0.3, 0.4) is 0 Å². The topological polar surface area (TPSA) is 69.6 Å². The summed E-state index contributed by atoms with van der Waals surface area (Å²) in [7, 11) is 0. The van der Waals surface area contributed by atoms with Crippen molar-refractivity contribution in [3.63, 3.8) is 0 Å². The lowest BCUT2D eigenvalue weighted by Gasteiger charge is -2.21. The number of hydrogen-bond donors (Lipinski definition) is 2. The number of carboxylic acids is 1. The number of nitrogens with one attached hydrogen (secondary N) is 1. The third-order valence-electron chi connectivity index (χ3n) is 3.40. The van der Waals surface area contributed by atoms with Gasteiger partial charge in [0.05, 0.1) is 13.1 Å². The minimum Gasteiger partial charge on any atom is -0.480 e. The van der Waals surface area contributed by atoms with Crippen molar-refractivity contribution in [1.82, 2.24) is 10.2 Å². The van der Waals surface area contributed by atoms with Crippen molar-refractivity contribution in [3.05, 3.63) is 0 Å². The van der Waals surface area contributed by atoms with Crippen LogP contribution in [0.25, 0.3) is 0 Å². The van der Waals surface area contributed by atoms with E-state index in [2.05, 4.69) is 12.2 Å². The quantitative estimate of drug-likeness (QED) is 0.592. The van der Waals surface area contributed by atoms with Gasteiger partial charge in [-0.05, 0) is 26.2 Å². The van der Waals surface area contributed by atoms with Crippen molar-refractivity contribution in [2.75, 3.05) is 13.1 Å². The highest BCUT2D eigenvalue weighted by Crippen LogP contribution is 2.26. The molecule has 1 unspecified atom stereocenters. The standard InChI is InChI=1S/C14H26N2O3/c1-3-4-5-6-11(2)15-13(17)9-16(10-14(18)19)12-7-8-12/h11-12H,3-10H2,1-2H3,(H,15,17)(H,18,19). The molecule has 0 radical (unpaired) electrons. The molecule has 2 N–H and O–H groups in total. The first-order valence-electron chi connectivity index (χ1n) is 7.28. The highest BCUT2D eigenvalue weighted by molar-refractivity contribution is 5.79. The largest absolute Gasteiger partial charge is 0.480 e. The van der Waals surface area contributed by atoms with Gasteiger partial charge in [0.15, 0.2) is 0 Å². The van der Waals surface area contributed by atoms with Gasteiger partial charge in [-0.2, -0.15) is 0 Å². The Bertz CT molecular complexity index is 303. The third-order valence-corrected chi connectivity index (χ3v) is 3.40. The van der Waals surface area contributed by atoms with Crippen LogP contribution in [0.1, 0.15) is 52.4 Å². The number of aliphatic carboxylic acids is 1. The van der Waals surface area contributed by atoms with E-state index in [4.69, 9.17) is 5.11 Å². The lowest BCUT2D eigenvalue weighted by molar-refractivity contribution is -0.138. The first-order chi connectivity index (χ1) is 9.02.